The summed E-state index contributed by atoms with van der Waals surface area (Å²) in [5.41, 5.74) is 0. The van der Waals surface area contributed by atoms with E-state index in [2.05, 4.69) is 5.32 Å². The van der Waals surface area contributed by atoms with Gasteiger partial charge in [0.25, 0.3) is 10.1 Å². The average molecular weight is 250 g/mol. The number of carboxylic acids is 1. The van der Waals surface area contributed by atoms with Crippen LogP contribution in [0.3, 0.4) is 0 Å². The Hall–Kier alpha value is -0.660. The number of rotatable bonds is 5. The van der Waals surface area contributed by atoms with E-state index in [1.54, 1.807) is 6.42 Å². The maximum atomic E-state index is 11.0. The van der Waals surface area contributed by atoms with Crippen LogP contribution in [0.15, 0.2) is 0 Å². The number of hydrogen-bond acceptors (Lipinski definition) is 4. The minimum atomic E-state index is -4.05. The van der Waals surface area contributed by atoms with E-state index in [4.69, 9.17) is 9.66 Å². The van der Waals surface area contributed by atoms with Crippen LogP contribution in [0.5, 0.6) is 0 Å². The van der Waals surface area contributed by atoms with Gasteiger partial charge in [-0.15, -0.1) is 0 Å². The highest BCUT2D eigenvalue weighted by Gasteiger charge is 2.36. The summed E-state index contributed by atoms with van der Waals surface area (Å²) in [6.45, 7) is 2.05. The second-order valence-electron chi connectivity index (χ2n) is 4.00. The van der Waals surface area contributed by atoms with Gasteiger partial charge in [-0.2, -0.15) is 8.42 Å². The minimum Gasteiger partial charge on any atom is -0.481 e. The highest BCUT2D eigenvalue weighted by molar-refractivity contribution is 7.86. The van der Waals surface area contributed by atoms with Gasteiger partial charge in [0, 0.05) is 6.04 Å². The van der Waals surface area contributed by atoms with E-state index in [0.29, 0.717) is 19.4 Å². The molecule has 1 heterocycles. The van der Waals surface area contributed by atoms with E-state index >= 15 is 0 Å². The Morgan fingerprint density at radius 1 is 1.62 bits per heavy atom. The molecule has 16 heavy (non-hydrogen) atoms. The Morgan fingerprint density at radius 3 is 2.75 bits per heavy atom. The maximum absolute atomic E-state index is 11.0. The van der Waals surface area contributed by atoms with Crippen LogP contribution in [-0.4, -0.2) is 41.9 Å². The lowest BCUT2D eigenvalue weighted by molar-refractivity contribution is -0.140. The molecule has 0 bridgehead atoms. The van der Waals surface area contributed by atoms with Crippen LogP contribution in [0.1, 0.15) is 19.8 Å². The van der Waals surface area contributed by atoms with Crippen molar-refractivity contribution in [1.29, 1.82) is 0 Å². The summed E-state index contributed by atoms with van der Waals surface area (Å²) in [6, 6.07) is -0.392. The van der Waals surface area contributed by atoms with Gasteiger partial charge in [-0.1, -0.05) is 6.92 Å². The zero-order valence-corrected chi connectivity index (χ0v) is 9.77. The van der Waals surface area contributed by atoms with Gasteiger partial charge in [0.15, 0.2) is 0 Å². The van der Waals surface area contributed by atoms with Crippen molar-refractivity contribution in [3.63, 3.8) is 0 Å². The molecule has 0 aromatic carbocycles. The molecule has 3 unspecified atom stereocenters. The van der Waals surface area contributed by atoms with Crippen molar-refractivity contribution >= 4 is 16.1 Å². The van der Waals surface area contributed by atoms with Crippen molar-refractivity contribution in [3.8, 4) is 0 Å². The number of aliphatic carboxylic acids is 1. The first-order valence-corrected chi connectivity index (χ1v) is 6.58. The third kappa shape index (κ3) is 3.43. The fraction of sp³-hybridized carbons (Fsp3) is 0.778. The predicted octanol–water partition coefficient (Wildman–Crippen LogP) is -0.0802. The van der Waals surface area contributed by atoms with E-state index in [-0.39, 0.29) is 0 Å². The Balaban J connectivity index is 2.51. The van der Waals surface area contributed by atoms with Gasteiger partial charge in [-0.05, 0) is 25.8 Å². The van der Waals surface area contributed by atoms with Crippen LogP contribution in [0.2, 0.25) is 0 Å². The van der Waals surface area contributed by atoms with Crippen LogP contribution in [0.25, 0.3) is 0 Å². The average Bonchev–Trinajstić information content (AvgIpc) is 2.60. The van der Waals surface area contributed by atoms with Crippen molar-refractivity contribution in [3.05, 3.63) is 6.42 Å². The summed E-state index contributed by atoms with van der Waals surface area (Å²) >= 11 is 0. The molecule has 0 saturated carbocycles. The third-order valence-corrected chi connectivity index (χ3v) is 4.13. The smallest absolute Gasteiger partial charge is 0.306 e. The largest absolute Gasteiger partial charge is 0.481 e. The lowest BCUT2D eigenvalue weighted by atomic mass is 10.0. The lowest BCUT2D eigenvalue weighted by Gasteiger charge is -2.17. The standard InChI is InChI=1S/C9H16NO5S/c1-6(9(11)12)2-3-7-8(4-5-10-7)16(13,14)15/h2,6-8,10H,3-5H2,1H3,(H,11,12)(H,13,14,15). The first-order valence-electron chi connectivity index (χ1n) is 5.08. The molecular formula is C9H16NO5S. The maximum Gasteiger partial charge on any atom is 0.306 e. The molecule has 0 aromatic rings. The van der Waals surface area contributed by atoms with E-state index in [0.717, 1.165) is 0 Å². The predicted molar refractivity (Wildman–Crippen MR) is 57.5 cm³/mol. The second-order valence-corrected chi connectivity index (χ2v) is 5.64. The number of nitrogens with one attached hydrogen (secondary N) is 1. The quantitative estimate of drug-likeness (QED) is 0.590. The Labute approximate surface area is 94.8 Å². The van der Waals surface area contributed by atoms with Gasteiger partial charge >= 0.3 is 5.97 Å². The fourth-order valence-electron chi connectivity index (χ4n) is 1.79. The summed E-state index contributed by atoms with van der Waals surface area (Å²) in [6.07, 6.45) is 2.22. The van der Waals surface area contributed by atoms with Crippen molar-refractivity contribution < 1.29 is 22.9 Å². The van der Waals surface area contributed by atoms with E-state index in [1.807, 2.05) is 0 Å². The van der Waals surface area contributed by atoms with Crippen LogP contribution in [-0.2, 0) is 14.9 Å². The SMILES string of the molecule is CC([CH]CC1NCCC1S(=O)(=O)O)C(=O)O. The highest BCUT2D eigenvalue weighted by Crippen LogP contribution is 2.20. The molecular weight excluding hydrogens is 234 g/mol. The van der Waals surface area contributed by atoms with Crippen LogP contribution in [0.4, 0.5) is 0 Å². The molecule has 1 fully saturated rings. The topological polar surface area (TPSA) is 104 Å². The van der Waals surface area contributed by atoms with Gasteiger partial charge in [-0.25, -0.2) is 0 Å². The minimum absolute atomic E-state index is 0.317. The second kappa shape index (κ2) is 5.11. The van der Waals surface area contributed by atoms with Crippen molar-refractivity contribution in [2.24, 2.45) is 5.92 Å². The molecule has 1 radical (unpaired) electrons. The van der Waals surface area contributed by atoms with Crippen molar-refractivity contribution in [2.45, 2.75) is 31.1 Å². The van der Waals surface area contributed by atoms with Crippen LogP contribution < -0.4 is 5.32 Å². The van der Waals surface area contributed by atoms with Gasteiger partial charge < -0.3 is 10.4 Å². The van der Waals surface area contributed by atoms with Crippen molar-refractivity contribution in [1.82, 2.24) is 5.32 Å². The molecule has 1 saturated heterocycles. The summed E-state index contributed by atoms with van der Waals surface area (Å²) in [5.74, 6) is -1.56. The first-order chi connectivity index (χ1) is 7.32. The Bertz CT molecular complexity index is 353. The summed E-state index contributed by atoms with van der Waals surface area (Å²) in [7, 11) is -4.05. The molecule has 7 heteroatoms. The summed E-state index contributed by atoms with van der Waals surface area (Å²) < 4.78 is 31.0. The molecule has 6 nitrogen and oxygen atoms in total. The lowest BCUT2D eigenvalue weighted by Crippen LogP contribution is -2.36. The molecule has 3 N–H and O–H groups in total. The molecule has 0 amide bonds. The zero-order chi connectivity index (χ0) is 12.3. The van der Waals surface area contributed by atoms with E-state index in [1.165, 1.54) is 6.92 Å². The Kier molecular flexibility index (Phi) is 4.28. The molecule has 93 valence electrons. The molecule has 0 aromatic heterocycles. The number of hydrogen-bond donors (Lipinski definition) is 3. The third-order valence-electron chi connectivity index (χ3n) is 2.80. The van der Waals surface area contributed by atoms with Crippen LogP contribution >= 0.6 is 0 Å². The zero-order valence-electron chi connectivity index (χ0n) is 8.96. The molecule has 1 rings (SSSR count). The molecule has 0 aliphatic carbocycles. The van der Waals surface area contributed by atoms with Crippen LogP contribution in [0, 0.1) is 12.3 Å². The van der Waals surface area contributed by atoms with Gasteiger partial charge in [-0.3, -0.25) is 9.35 Å². The first kappa shape index (κ1) is 13.4. The molecule has 0 spiro atoms. The fourth-order valence-corrected chi connectivity index (χ4v) is 2.83. The van der Waals surface area contributed by atoms with E-state index < -0.39 is 33.3 Å². The molecule has 1 aliphatic heterocycles. The highest BCUT2D eigenvalue weighted by atomic mass is 32.2. The monoisotopic (exact) mass is 250 g/mol. The molecule has 1 aliphatic rings. The van der Waals surface area contributed by atoms with Gasteiger partial charge in [0.05, 0.1) is 5.92 Å². The summed E-state index contributed by atoms with van der Waals surface area (Å²) in [5, 5.41) is 10.8. The van der Waals surface area contributed by atoms with E-state index in [9.17, 15) is 13.2 Å². The van der Waals surface area contributed by atoms with Gasteiger partial charge in [0.1, 0.15) is 5.25 Å². The normalized spacial score (nSPS) is 27.9. The summed E-state index contributed by atoms with van der Waals surface area (Å²) in [4.78, 5) is 10.6. The van der Waals surface area contributed by atoms with Gasteiger partial charge in [0.2, 0.25) is 0 Å². The Morgan fingerprint density at radius 2 is 2.25 bits per heavy atom. The number of carboxylic acid groups (broad SMARTS) is 1. The van der Waals surface area contributed by atoms with Crippen molar-refractivity contribution in [2.75, 3.05) is 6.54 Å². The molecule has 3 atom stereocenters. The number of carbonyl (C=O) groups is 1.